The van der Waals surface area contributed by atoms with Gasteiger partial charge in [-0.05, 0) is 0 Å². The van der Waals surface area contributed by atoms with Crippen molar-refractivity contribution in [1.29, 1.82) is 0 Å². The number of halogens is 1. The first-order chi connectivity index (χ1) is 5.45. The largest absolute Gasteiger partial charge is 0.412 e. The summed E-state index contributed by atoms with van der Waals surface area (Å²) >= 11 is -0.312. The summed E-state index contributed by atoms with van der Waals surface area (Å²) in [4.78, 5) is 0. The summed E-state index contributed by atoms with van der Waals surface area (Å²) in [5.41, 5.74) is 0. The Balaban J connectivity index is 0.000000720. The molecule has 0 aromatic carbocycles. The van der Waals surface area contributed by atoms with Crippen molar-refractivity contribution >= 4 is 12.4 Å². The second-order valence-corrected chi connectivity index (χ2v) is 6.55. The molecule has 0 radical (unpaired) electrons. The van der Waals surface area contributed by atoms with Crippen molar-refractivity contribution in [2.75, 3.05) is 0 Å². The van der Waals surface area contributed by atoms with Crippen LogP contribution in [-0.2, 0) is 23.2 Å². The molecule has 0 spiro atoms. The van der Waals surface area contributed by atoms with Gasteiger partial charge in [-0.25, -0.2) is 0 Å². The summed E-state index contributed by atoms with van der Waals surface area (Å²) in [6, 6.07) is 0. The molecule has 2 aliphatic carbocycles. The third kappa shape index (κ3) is 3.76. The van der Waals surface area contributed by atoms with E-state index >= 15 is 0 Å². The zero-order valence-corrected chi connectivity index (χ0v) is 10.6. The number of allylic oxidation sites excluding steroid dienone is 8. The van der Waals surface area contributed by atoms with Crippen molar-refractivity contribution < 1.29 is 28.7 Å². The van der Waals surface area contributed by atoms with Gasteiger partial charge in [0.15, 0.2) is 0 Å². The molecule has 0 atom stereocenters. The van der Waals surface area contributed by atoms with Crippen LogP contribution in [0.15, 0.2) is 43.0 Å². The summed E-state index contributed by atoms with van der Waals surface area (Å²) in [5, 5.41) is 0. The molecular weight excluding hydrogens is 263 g/mol. The van der Waals surface area contributed by atoms with Crippen molar-refractivity contribution in [1.82, 2.24) is 0 Å². The molecule has 1 nitrogen and oxygen atoms in total. The molecule has 0 heterocycles. The van der Waals surface area contributed by atoms with Crippen LogP contribution in [0.4, 0.5) is 0 Å². The molecule has 0 saturated carbocycles. The van der Waals surface area contributed by atoms with Crippen LogP contribution >= 0.6 is 12.4 Å². The minimum absolute atomic E-state index is 0. The van der Waals surface area contributed by atoms with Gasteiger partial charge in [-0.3, -0.25) is 0 Å². The van der Waals surface area contributed by atoms with Crippen LogP contribution in [0.25, 0.3) is 0 Å². The van der Waals surface area contributed by atoms with E-state index < -0.39 is 0 Å². The Morgan fingerprint density at radius 2 is 1.38 bits per heavy atom. The maximum Gasteiger partial charge on any atom is -0.147 e. The van der Waals surface area contributed by atoms with Gasteiger partial charge in [-0.1, -0.05) is 0 Å². The van der Waals surface area contributed by atoms with Crippen molar-refractivity contribution in [3.63, 3.8) is 0 Å². The summed E-state index contributed by atoms with van der Waals surface area (Å²) in [7, 11) is 0. The maximum atomic E-state index is 2.31. The Hall–Kier alpha value is 0.0931. The molecule has 0 bridgehead atoms. The minimum atomic E-state index is -0.312. The van der Waals surface area contributed by atoms with E-state index in [0.29, 0.717) is 0 Å². The Kier molecular flexibility index (Phi) is 6.58. The normalized spacial score (nSPS) is 17.2. The number of hydrogen-bond donors (Lipinski definition) is 0. The summed E-state index contributed by atoms with van der Waals surface area (Å²) in [5.74, 6) is 0. The Morgan fingerprint density at radius 3 is 1.69 bits per heavy atom. The average molecular weight is 276 g/mol. The van der Waals surface area contributed by atoms with Crippen LogP contribution in [0.1, 0.15) is 12.8 Å². The van der Waals surface area contributed by atoms with E-state index in [1.54, 1.807) is 6.56 Å². The quantitative estimate of drug-likeness (QED) is 0.741. The average Bonchev–Trinajstić information content (AvgIpc) is 2.60. The van der Waals surface area contributed by atoms with Gasteiger partial charge in [0.1, 0.15) is 0 Å². The first-order valence-corrected chi connectivity index (χ1v) is 6.39. The summed E-state index contributed by atoms with van der Waals surface area (Å²) < 4.78 is 3.45. The smallest absolute Gasteiger partial charge is 0.147 e. The molecule has 70 valence electrons. The molecule has 0 aliphatic heterocycles. The van der Waals surface area contributed by atoms with Crippen LogP contribution in [0.5, 0.6) is 0 Å². The molecule has 0 aromatic rings. The molecule has 0 aromatic heterocycles. The van der Waals surface area contributed by atoms with E-state index in [1.807, 2.05) is 0 Å². The summed E-state index contributed by atoms with van der Waals surface area (Å²) in [6.45, 7) is 0. The van der Waals surface area contributed by atoms with E-state index in [1.165, 1.54) is 12.8 Å². The summed E-state index contributed by atoms with van der Waals surface area (Å²) in [6.07, 6.45) is 16.0. The molecule has 3 heteroatoms. The maximum absolute atomic E-state index is 2.31. The van der Waals surface area contributed by atoms with Gasteiger partial charge in [0.25, 0.3) is 0 Å². The number of hydrogen-bond acceptors (Lipinski definition) is 0. The van der Waals surface area contributed by atoms with E-state index in [0.717, 1.165) is 0 Å². The van der Waals surface area contributed by atoms with Crippen LogP contribution in [0.2, 0.25) is 0 Å². The zero-order valence-electron chi connectivity index (χ0n) is 7.29. The van der Waals surface area contributed by atoms with Gasteiger partial charge in [-0.2, -0.15) is 0 Å². The van der Waals surface area contributed by atoms with Crippen molar-refractivity contribution in [3.8, 4) is 0 Å². The molecule has 2 rings (SSSR count). The first kappa shape index (κ1) is 13.1. The topological polar surface area (TPSA) is 31.5 Å². The second kappa shape index (κ2) is 6.53. The van der Waals surface area contributed by atoms with E-state index in [2.05, 4.69) is 36.5 Å². The van der Waals surface area contributed by atoms with Gasteiger partial charge in [0.2, 0.25) is 0 Å². The van der Waals surface area contributed by atoms with E-state index in [9.17, 15) is 0 Å². The van der Waals surface area contributed by atoms with Crippen molar-refractivity contribution in [3.05, 3.63) is 43.0 Å². The standard InChI is InChI=1S/2C5H5.ClH.H2O.Zr/c2*1-2-4-5-3-1;;;/h2*1-3H,4H2;1H;1H2;. The second-order valence-electron chi connectivity index (χ2n) is 2.77. The van der Waals surface area contributed by atoms with Gasteiger partial charge < -0.3 is 5.48 Å². The van der Waals surface area contributed by atoms with Crippen LogP contribution in [0.3, 0.4) is 0 Å². The fourth-order valence-corrected chi connectivity index (χ4v) is 4.26. The molecule has 0 amide bonds. The zero-order chi connectivity index (χ0) is 7.52. The molecule has 13 heavy (non-hydrogen) atoms. The van der Waals surface area contributed by atoms with Crippen molar-refractivity contribution in [2.24, 2.45) is 0 Å². The predicted molar refractivity (Wildman–Crippen MR) is 54.5 cm³/mol. The van der Waals surface area contributed by atoms with Crippen LogP contribution in [0, 0.1) is 0 Å². The Morgan fingerprint density at radius 1 is 0.923 bits per heavy atom. The third-order valence-electron chi connectivity index (χ3n) is 1.86. The monoisotopic (exact) mass is 274 g/mol. The molecular formula is C10H13ClOZr. The van der Waals surface area contributed by atoms with E-state index in [-0.39, 0.29) is 41.1 Å². The van der Waals surface area contributed by atoms with E-state index in [4.69, 9.17) is 0 Å². The molecule has 0 fully saturated rings. The van der Waals surface area contributed by atoms with Gasteiger partial charge >= 0.3 is 79.1 Å². The molecule has 0 unspecified atom stereocenters. The van der Waals surface area contributed by atoms with Gasteiger partial charge in [0.05, 0.1) is 0 Å². The molecule has 0 saturated heterocycles. The Labute approximate surface area is 96.6 Å². The fraction of sp³-hybridized carbons (Fsp3) is 0.200. The fourth-order valence-electron chi connectivity index (χ4n) is 1.29. The predicted octanol–water partition coefficient (Wildman–Crippen LogP) is 2.35. The minimum Gasteiger partial charge on any atom is -0.412 e. The Bertz CT molecular complexity index is 249. The molecule has 2 N–H and O–H groups in total. The van der Waals surface area contributed by atoms with Crippen LogP contribution < -0.4 is 0 Å². The molecule has 2 aliphatic rings. The van der Waals surface area contributed by atoms with Crippen molar-refractivity contribution in [2.45, 2.75) is 12.8 Å². The SMILES string of the molecule is C1=CC[C]([Zr][C]2=CC=CC2)=C1.Cl.O. The van der Waals surface area contributed by atoms with Gasteiger partial charge in [0, 0.05) is 0 Å². The first-order valence-electron chi connectivity index (χ1n) is 3.93. The van der Waals surface area contributed by atoms with Gasteiger partial charge in [-0.15, -0.1) is 12.4 Å². The van der Waals surface area contributed by atoms with Crippen LogP contribution in [-0.4, -0.2) is 5.48 Å². The number of rotatable bonds is 2. The third-order valence-corrected chi connectivity index (χ3v) is 5.27.